The minimum atomic E-state index is -0.466. The molecule has 0 atom stereocenters. The lowest BCUT2D eigenvalue weighted by atomic mass is 10.2. The number of hydrogen-bond donors (Lipinski definition) is 1. The predicted molar refractivity (Wildman–Crippen MR) is 91.6 cm³/mol. The fraction of sp³-hybridized carbons (Fsp3) is 0.312. The molecule has 3 aromatic heterocycles. The molecular formula is C16H16N4O5S. The highest BCUT2D eigenvalue weighted by atomic mass is 32.2. The Labute approximate surface area is 152 Å². The van der Waals surface area contributed by atoms with E-state index in [1.165, 1.54) is 24.9 Å². The van der Waals surface area contributed by atoms with Gasteiger partial charge in [0.15, 0.2) is 5.16 Å². The Morgan fingerprint density at radius 2 is 2.08 bits per heavy atom. The molecule has 0 saturated carbocycles. The third kappa shape index (κ3) is 4.20. The van der Waals surface area contributed by atoms with Gasteiger partial charge < -0.3 is 18.6 Å². The first-order chi connectivity index (χ1) is 12.4. The number of nitrogens with zero attached hydrogens (tertiary/aromatic N) is 3. The molecule has 0 saturated heterocycles. The molecule has 0 bridgehead atoms. The number of thioether (sulfide) groups is 1. The van der Waals surface area contributed by atoms with Gasteiger partial charge in [-0.3, -0.25) is 9.59 Å². The predicted octanol–water partition coefficient (Wildman–Crippen LogP) is 2.04. The van der Waals surface area contributed by atoms with Crippen molar-refractivity contribution in [2.45, 2.75) is 31.2 Å². The summed E-state index contributed by atoms with van der Waals surface area (Å²) in [5, 5.41) is 8.36. The topological polar surface area (TPSA) is 124 Å². The molecule has 3 aromatic rings. The van der Waals surface area contributed by atoms with Crippen LogP contribution in [0.1, 0.15) is 23.1 Å². The quantitative estimate of drug-likeness (QED) is 0.391. The van der Waals surface area contributed by atoms with E-state index in [0.29, 0.717) is 34.1 Å². The first-order valence-corrected chi connectivity index (χ1v) is 8.63. The zero-order valence-corrected chi connectivity index (χ0v) is 15.2. The average molecular weight is 376 g/mol. The maximum absolute atomic E-state index is 11.7. The molecule has 3 heterocycles. The smallest absolute Gasteiger partial charge is 0.311 e. The minimum absolute atomic E-state index is 0.0716. The molecule has 26 heavy (non-hydrogen) atoms. The van der Waals surface area contributed by atoms with Crippen LogP contribution in [0.4, 0.5) is 0 Å². The maximum atomic E-state index is 11.7. The number of carbonyl (C=O) groups is 1. The van der Waals surface area contributed by atoms with Crippen LogP contribution >= 0.6 is 11.8 Å². The molecule has 0 aromatic carbocycles. The van der Waals surface area contributed by atoms with Crippen LogP contribution in [0, 0.1) is 13.8 Å². The molecular weight excluding hydrogens is 360 g/mol. The summed E-state index contributed by atoms with van der Waals surface area (Å²) in [6, 6.07) is 3.09. The lowest BCUT2D eigenvalue weighted by Crippen LogP contribution is -2.13. The molecule has 9 nitrogen and oxygen atoms in total. The number of aromatic nitrogens is 4. The molecule has 1 N–H and O–H groups in total. The summed E-state index contributed by atoms with van der Waals surface area (Å²) >= 11 is 1.22. The molecule has 0 radical (unpaired) electrons. The van der Waals surface area contributed by atoms with Crippen molar-refractivity contribution in [3.05, 3.63) is 45.6 Å². The Morgan fingerprint density at radius 3 is 2.77 bits per heavy atom. The highest BCUT2D eigenvalue weighted by Gasteiger charge is 2.15. The second-order valence-electron chi connectivity index (χ2n) is 5.41. The Balaban J connectivity index is 1.71. The Bertz CT molecular complexity index is 991. The third-order valence-corrected chi connectivity index (χ3v) is 4.25. The Morgan fingerprint density at radius 1 is 1.27 bits per heavy atom. The van der Waals surface area contributed by atoms with E-state index in [-0.39, 0.29) is 12.0 Å². The zero-order valence-electron chi connectivity index (χ0n) is 14.4. The second kappa shape index (κ2) is 7.56. The third-order valence-electron chi connectivity index (χ3n) is 3.40. The molecule has 10 heteroatoms. The van der Waals surface area contributed by atoms with Crippen LogP contribution in [0.2, 0.25) is 0 Å². The Hall–Kier alpha value is -2.88. The van der Waals surface area contributed by atoms with Crippen LogP contribution in [0.3, 0.4) is 0 Å². The standard InChI is InChI=1S/C16H16N4O5S/c1-8-4-11(9(2)24-8)15-20-19-13(25-15)7-26-16-17-10(5-12(21)18-16)6-14(22)23-3/h4-5H,6-7H2,1-3H3,(H,17,18,21). The summed E-state index contributed by atoms with van der Waals surface area (Å²) in [7, 11) is 1.28. The number of aromatic amines is 1. The number of rotatable bonds is 6. The number of hydrogen-bond acceptors (Lipinski definition) is 9. The van der Waals surface area contributed by atoms with E-state index in [2.05, 4.69) is 24.9 Å². The minimum Gasteiger partial charge on any atom is -0.469 e. The fourth-order valence-corrected chi connectivity index (χ4v) is 2.99. The van der Waals surface area contributed by atoms with Gasteiger partial charge in [0.2, 0.25) is 5.89 Å². The van der Waals surface area contributed by atoms with E-state index < -0.39 is 5.97 Å². The van der Waals surface area contributed by atoms with Crippen molar-refractivity contribution in [3.63, 3.8) is 0 Å². The van der Waals surface area contributed by atoms with Gasteiger partial charge in [0.25, 0.3) is 11.4 Å². The molecule has 0 aliphatic carbocycles. The number of methoxy groups -OCH3 is 1. The van der Waals surface area contributed by atoms with Gasteiger partial charge in [-0.15, -0.1) is 10.2 Å². The number of esters is 1. The van der Waals surface area contributed by atoms with E-state index in [9.17, 15) is 9.59 Å². The van der Waals surface area contributed by atoms with Crippen molar-refractivity contribution in [3.8, 4) is 11.5 Å². The van der Waals surface area contributed by atoms with Gasteiger partial charge in [0.1, 0.15) is 11.5 Å². The van der Waals surface area contributed by atoms with E-state index in [1.807, 2.05) is 19.9 Å². The van der Waals surface area contributed by atoms with E-state index in [1.54, 1.807) is 0 Å². The van der Waals surface area contributed by atoms with Crippen LogP contribution < -0.4 is 5.56 Å². The lowest BCUT2D eigenvalue weighted by Gasteiger charge is -2.02. The van der Waals surface area contributed by atoms with Crippen molar-refractivity contribution >= 4 is 17.7 Å². The molecule has 0 unspecified atom stereocenters. The molecule has 136 valence electrons. The van der Waals surface area contributed by atoms with E-state index in [4.69, 9.17) is 8.83 Å². The molecule has 0 fully saturated rings. The van der Waals surface area contributed by atoms with Gasteiger partial charge in [0, 0.05) is 6.07 Å². The number of furan rings is 1. The first-order valence-electron chi connectivity index (χ1n) is 7.64. The molecule has 0 amide bonds. The van der Waals surface area contributed by atoms with Crippen molar-refractivity contribution < 1.29 is 18.4 Å². The van der Waals surface area contributed by atoms with Crippen LogP contribution in [0.25, 0.3) is 11.5 Å². The number of nitrogens with one attached hydrogen (secondary N) is 1. The summed E-state index contributed by atoms with van der Waals surface area (Å²) in [6.45, 7) is 3.66. The summed E-state index contributed by atoms with van der Waals surface area (Å²) < 4.78 is 15.7. The monoisotopic (exact) mass is 376 g/mol. The van der Waals surface area contributed by atoms with Crippen LogP contribution in [0.15, 0.2) is 30.9 Å². The summed E-state index contributed by atoms with van der Waals surface area (Å²) in [5.41, 5.74) is 0.730. The van der Waals surface area contributed by atoms with Crippen molar-refractivity contribution in [2.24, 2.45) is 0 Å². The Kier molecular flexibility index (Phi) is 5.21. The molecule has 0 aliphatic heterocycles. The normalized spacial score (nSPS) is 10.9. The maximum Gasteiger partial charge on any atom is 0.311 e. The molecule has 3 rings (SSSR count). The van der Waals surface area contributed by atoms with E-state index in [0.717, 1.165) is 11.3 Å². The van der Waals surface area contributed by atoms with Gasteiger partial charge in [-0.25, -0.2) is 4.98 Å². The van der Waals surface area contributed by atoms with Crippen molar-refractivity contribution in [1.29, 1.82) is 0 Å². The lowest BCUT2D eigenvalue weighted by molar-refractivity contribution is -0.139. The van der Waals surface area contributed by atoms with Gasteiger partial charge in [-0.05, 0) is 19.9 Å². The fourth-order valence-electron chi connectivity index (χ4n) is 2.26. The van der Waals surface area contributed by atoms with Gasteiger partial charge in [-0.1, -0.05) is 11.8 Å². The first kappa shape index (κ1) is 17.9. The number of ether oxygens (including phenoxy) is 1. The summed E-state index contributed by atoms with van der Waals surface area (Å²) in [5.74, 6) is 2.06. The average Bonchev–Trinajstić information content (AvgIpc) is 3.18. The highest BCUT2D eigenvalue weighted by molar-refractivity contribution is 7.98. The second-order valence-corrected chi connectivity index (χ2v) is 6.38. The number of aryl methyl sites for hydroxylation is 2. The summed E-state index contributed by atoms with van der Waals surface area (Å²) in [4.78, 5) is 29.8. The zero-order chi connectivity index (χ0) is 18.7. The van der Waals surface area contributed by atoms with Gasteiger partial charge in [0.05, 0.1) is 30.5 Å². The van der Waals surface area contributed by atoms with Crippen molar-refractivity contribution in [1.82, 2.24) is 20.2 Å². The van der Waals surface area contributed by atoms with Crippen LogP contribution in [-0.4, -0.2) is 33.2 Å². The molecule has 0 aliphatic rings. The highest BCUT2D eigenvalue weighted by Crippen LogP contribution is 2.26. The van der Waals surface area contributed by atoms with Gasteiger partial charge in [-0.2, -0.15) is 0 Å². The number of H-pyrrole nitrogens is 1. The van der Waals surface area contributed by atoms with E-state index >= 15 is 0 Å². The van der Waals surface area contributed by atoms with Gasteiger partial charge >= 0.3 is 5.97 Å². The van der Waals surface area contributed by atoms with Crippen LogP contribution in [0.5, 0.6) is 0 Å². The molecule has 0 spiro atoms. The SMILES string of the molecule is COC(=O)Cc1cc(=O)[nH]c(SCc2nnc(-c3cc(C)oc3C)o2)n1. The van der Waals surface area contributed by atoms with Crippen LogP contribution in [-0.2, 0) is 21.7 Å². The number of carbonyl (C=O) groups excluding carboxylic acids is 1. The largest absolute Gasteiger partial charge is 0.469 e. The summed E-state index contributed by atoms with van der Waals surface area (Å²) in [6.07, 6.45) is -0.0716. The van der Waals surface area contributed by atoms with Crippen molar-refractivity contribution in [2.75, 3.05) is 7.11 Å².